The van der Waals surface area contributed by atoms with Gasteiger partial charge in [-0.2, -0.15) is 0 Å². The molecule has 0 aliphatic carbocycles. The number of carboxylic acids is 1. The summed E-state index contributed by atoms with van der Waals surface area (Å²) >= 11 is 6.96. The van der Waals surface area contributed by atoms with Crippen molar-refractivity contribution in [2.45, 2.75) is 17.5 Å². The van der Waals surface area contributed by atoms with Crippen molar-refractivity contribution in [1.82, 2.24) is 10.2 Å². The number of alkyl halides is 1. The number of rotatable bonds is 6. The van der Waals surface area contributed by atoms with E-state index in [4.69, 9.17) is 17.3 Å². The Morgan fingerprint density at radius 3 is 2.68 bits per heavy atom. The number of thioether (sulfide) groups is 1. The molecule has 0 saturated carbocycles. The molecule has 2 amide bonds. The fourth-order valence-electron chi connectivity index (χ4n) is 3.03. The first-order chi connectivity index (χ1) is 13.3. The van der Waals surface area contributed by atoms with Crippen LogP contribution in [0.25, 0.3) is 0 Å². The first-order valence-electron chi connectivity index (χ1n) is 8.33. The van der Waals surface area contributed by atoms with Gasteiger partial charge < -0.3 is 21.3 Å². The number of β-lactam (4-membered cyclic amide) rings is 1. The Balaban J connectivity index is 1.74. The van der Waals surface area contributed by atoms with Crippen LogP contribution in [0.5, 0.6) is 5.75 Å². The monoisotopic (exact) mass is 423 g/mol. The Morgan fingerprint density at radius 1 is 1.39 bits per heavy atom. The average Bonchev–Trinajstić information content (AvgIpc) is 2.69. The minimum atomic E-state index is -1.21. The SMILES string of the molecule is NC(C(=O)NC1C(=O)N2C(C(=O)O)=C(/C=C\CCl)CS[C@H]12)c1ccc(O)cc1. The van der Waals surface area contributed by atoms with Gasteiger partial charge >= 0.3 is 5.97 Å². The van der Waals surface area contributed by atoms with Crippen LogP contribution in [0.3, 0.4) is 0 Å². The van der Waals surface area contributed by atoms with Gasteiger partial charge in [0, 0.05) is 11.6 Å². The standard InChI is InChI=1S/C18H18ClN3O5S/c19-7-1-2-10-8-28-17-13(16(25)22(17)14(10)18(26)27)21-15(24)12(20)9-3-5-11(23)6-4-9/h1-6,12-13,17,23H,7-8,20H2,(H,21,24)(H,26,27)/b2-1-/t12?,13?,17-/m1/s1. The van der Waals surface area contributed by atoms with Gasteiger partial charge in [0.1, 0.15) is 28.9 Å². The molecule has 5 N–H and O–H groups in total. The van der Waals surface area contributed by atoms with Crippen molar-refractivity contribution in [3.63, 3.8) is 0 Å². The number of carbonyl (C=O) groups excluding carboxylic acids is 2. The smallest absolute Gasteiger partial charge is 0.352 e. The number of carboxylic acid groups (broad SMARTS) is 1. The van der Waals surface area contributed by atoms with Crippen LogP contribution < -0.4 is 11.1 Å². The average molecular weight is 424 g/mol. The van der Waals surface area contributed by atoms with E-state index in [0.29, 0.717) is 16.9 Å². The number of fused-ring (bicyclic) bond motifs is 1. The third-order valence-corrected chi connectivity index (χ3v) is 5.92. The highest BCUT2D eigenvalue weighted by molar-refractivity contribution is 8.00. The number of nitrogens with one attached hydrogen (secondary N) is 1. The highest BCUT2D eigenvalue weighted by Crippen LogP contribution is 2.40. The molecule has 0 spiro atoms. The Hall–Kier alpha value is -2.49. The number of allylic oxidation sites excluding steroid dienone is 2. The lowest BCUT2D eigenvalue weighted by molar-refractivity contribution is -0.150. The number of nitrogens with two attached hydrogens (primary N) is 1. The summed E-state index contributed by atoms with van der Waals surface area (Å²) in [6.07, 6.45) is 3.21. The van der Waals surface area contributed by atoms with Crippen LogP contribution in [0.1, 0.15) is 11.6 Å². The van der Waals surface area contributed by atoms with Gasteiger partial charge in [0.25, 0.3) is 5.91 Å². The number of benzene rings is 1. The van der Waals surface area contributed by atoms with Gasteiger partial charge in [-0.05, 0) is 23.3 Å². The number of aromatic hydroxyl groups is 1. The van der Waals surface area contributed by atoms with Crippen LogP contribution in [0, 0.1) is 0 Å². The van der Waals surface area contributed by atoms with Crippen LogP contribution in [0.2, 0.25) is 0 Å². The zero-order chi connectivity index (χ0) is 20.4. The molecule has 3 rings (SSSR count). The molecule has 2 aliphatic heterocycles. The number of nitrogens with zero attached hydrogens (tertiary/aromatic N) is 1. The number of halogens is 1. The molecule has 1 saturated heterocycles. The van der Waals surface area contributed by atoms with Gasteiger partial charge in [0.2, 0.25) is 5.91 Å². The van der Waals surface area contributed by atoms with E-state index in [0.717, 1.165) is 0 Å². The van der Waals surface area contributed by atoms with E-state index in [1.807, 2.05) is 0 Å². The van der Waals surface area contributed by atoms with Crippen molar-refractivity contribution in [3.05, 3.63) is 53.3 Å². The van der Waals surface area contributed by atoms with Crippen LogP contribution in [0.4, 0.5) is 0 Å². The second-order valence-corrected chi connectivity index (χ2v) is 7.61. The normalized spacial score (nSPS) is 22.6. The number of hydrogen-bond donors (Lipinski definition) is 4. The second kappa shape index (κ2) is 8.26. The van der Waals surface area contributed by atoms with Crippen molar-refractivity contribution < 1.29 is 24.6 Å². The molecule has 2 heterocycles. The van der Waals surface area contributed by atoms with Gasteiger partial charge in [-0.15, -0.1) is 23.4 Å². The summed E-state index contributed by atoms with van der Waals surface area (Å²) in [7, 11) is 0. The first-order valence-corrected chi connectivity index (χ1v) is 9.92. The van der Waals surface area contributed by atoms with Crippen molar-refractivity contribution in [2.75, 3.05) is 11.6 Å². The number of phenols is 1. The molecule has 2 aliphatic rings. The number of aliphatic carboxylic acids is 1. The lowest BCUT2D eigenvalue weighted by Gasteiger charge is -2.49. The molecule has 1 aromatic carbocycles. The predicted octanol–water partition coefficient (Wildman–Crippen LogP) is 0.926. The third kappa shape index (κ3) is 3.73. The molecule has 2 unspecified atom stereocenters. The van der Waals surface area contributed by atoms with Crippen molar-refractivity contribution in [2.24, 2.45) is 5.73 Å². The summed E-state index contributed by atoms with van der Waals surface area (Å²) in [4.78, 5) is 37.8. The Bertz CT molecular complexity index is 870. The second-order valence-electron chi connectivity index (χ2n) is 6.20. The summed E-state index contributed by atoms with van der Waals surface area (Å²) in [6, 6.07) is 3.99. The molecule has 1 fully saturated rings. The summed E-state index contributed by atoms with van der Waals surface area (Å²) < 4.78 is 0. The summed E-state index contributed by atoms with van der Waals surface area (Å²) in [6.45, 7) is 0. The molecular weight excluding hydrogens is 406 g/mol. The van der Waals surface area contributed by atoms with Gasteiger partial charge in [-0.3, -0.25) is 14.5 Å². The van der Waals surface area contributed by atoms with Gasteiger partial charge in [0.15, 0.2) is 0 Å². The van der Waals surface area contributed by atoms with E-state index in [9.17, 15) is 24.6 Å². The van der Waals surface area contributed by atoms with Crippen molar-refractivity contribution >= 4 is 41.1 Å². The molecule has 0 radical (unpaired) electrons. The highest BCUT2D eigenvalue weighted by atomic mass is 35.5. The molecule has 1 aromatic rings. The quantitative estimate of drug-likeness (QED) is 0.395. The van der Waals surface area contributed by atoms with Gasteiger partial charge in [-0.25, -0.2) is 4.79 Å². The predicted molar refractivity (Wildman–Crippen MR) is 105 cm³/mol. The number of phenolic OH excluding ortho intramolecular Hbond substituents is 1. The van der Waals surface area contributed by atoms with Gasteiger partial charge in [-0.1, -0.05) is 24.3 Å². The van der Waals surface area contributed by atoms with Crippen LogP contribution >= 0.6 is 23.4 Å². The number of carbonyl (C=O) groups is 3. The van der Waals surface area contributed by atoms with E-state index in [1.165, 1.54) is 40.9 Å². The maximum Gasteiger partial charge on any atom is 0.352 e. The lowest BCUT2D eigenvalue weighted by atomic mass is 10.0. The molecule has 0 aromatic heterocycles. The molecule has 148 valence electrons. The van der Waals surface area contributed by atoms with E-state index in [1.54, 1.807) is 12.2 Å². The van der Waals surface area contributed by atoms with E-state index in [-0.39, 0.29) is 17.3 Å². The number of amides is 2. The van der Waals surface area contributed by atoms with Crippen molar-refractivity contribution in [3.8, 4) is 5.75 Å². The lowest BCUT2D eigenvalue weighted by Crippen LogP contribution is -2.71. The van der Waals surface area contributed by atoms with E-state index < -0.39 is 35.2 Å². The molecule has 0 bridgehead atoms. The molecule has 28 heavy (non-hydrogen) atoms. The largest absolute Gasteiger partial charge is 0.508 e. The summed E-state index contributed by atoms with van der Waals surface area (Å²) in [5, 5.41) is 20.9. The molecule has 10 heteroatoms. The number of hydrogen-bond acceptors (Lipinski definition) is 6. The van der Waals surface area contributed by atoms with Gasteiger partial charge in [0.05, 0.1) is 0 Å². The zero-order valence-corrected chi connectivity index (χ0v) is 16.1. The Kier molecular flexibility index (Phi) is 5.97. The van der Waals surface area contributed by atoms with Crippen molar-refractivity contribution in [1.29, 1.82) is 0 Å². The topological polar surface area (TPSA) is 133 Å². The molecule has 8 nitrogen and oxygen atoms in total. The fourth-order valence-corrected chi connectivity index (χ4v) is 4.44. The first kappa shape index (κ1) is 20.2. The van der Waals surface area contributed by atoms with Crippen LogP contribution in [-0.4, -0.2) is 55.9 Å². The highest BCUT2D eigenvalue weighted by Gasteiger charge is 2.54. The van der Waals surface area contributed by atoms with Crippen LogP contribution in [0.15, 0.2) is 47.7 Å². The van der Waals surface area contributed by atoms with E-state index in [2.05, 4.69) is 5.32 Å². The minimum Gasteiger partial charge on any atom is -0.508 e. The Morgan fingerprint density at radius 2 is 2.07 bits per heavy atom. The van der Waals surface area contributed by atoms with Crippen LogP contribution in [-0.2, 0) is 14.4 Å². The Labute approximate surface area is 170 Å². The zero-order valence-electron chi connectivity index (χ0n) is 14.5. The van der Waals surface area contributed by atoms with E-state index >= 15 is 0 Å². The maximum atomic E-state index is 12.5. The fraction of sp³-hybridized carbons (Fsp3) is 0.278. The molecular formula is C18H18ClN3O5S. The third-order valence-electron chi connectivity index (χ3n) is 4.44. The summed E-state index contributed by atoms with van der Waals surface area (Å²) in [5.41, 5.74) is 6.81. The maximum absolute atomic E-state index is 12.5. The summed E-state index contributed by atoms with van der Waals surface area (Å²) in [5.74, 6) is -1.62. The minimum absolute atomic E-state index is 0.0479. The molecule has 3 atom stereocenters.